The zero-order chi connectivity index (χ0) is 11.4. The number of hydrogen-bond acceptors (Lipinski definition) is 6. The second-order valence-corrected chi connectivity index (χ2v) is 3.37. The molecule has 0 atom stereocenters. The van der Waals surface area contributed by atoms with E-state index in [2.05, 4.69) is 4.18 Å². The van der Waals surface area contributed by atoms with Crippen LogP contribution < -0.4 is 0 Å². The van der Waals surface area contributed by atoms with Gasteiger partial charge >= 0.3 is 0 Å². The number of hydrogen-bond donors (Lipinski definition) is 3. The molecule has 0 aliphatic heterocycles. The predicted octanol–water partition coefficient (Wildman–Crippen LogP) is -0.0467. The predicted molar refractivity (Wildman–Crippen MR) is 50.3 cm³/mol. The van der Waals surface area contributed by atoms with Crippen LogP contribution in [0.4, 0.5) is 0 Å². The second-order valence-electron chi connectivity index (χ2n) is 2.66. The Kier molecular flexibility index (Phi) is 3.64. The molecule has 0 bridgehead atoms. The van der Waals surface area contributed by atoms with E-state index in [1.807, 2.05) is 0 Å². The molecule has 1 rings (SSSR count). The minimum atomic E-state index is -3.04. The molecular formula is C8H8O6S. The lowest BCUT2D eigenvalue weighted by Crippen LogP contribution is -1.93. The third-order valence-electron chi connectivity index (χ3n) is 1.65. The monoisotopic (exact) mass is 232 g/mol. The number of phenols is 2. The van der Waals surface area contributed by atoms with Crippen LogP contribution in [0.3, 0.4) is 0 Å². The fourth-order valence-corrected chi connectivity index (χ4v) is 1.25. The smallest absolute Gasteiger partial charge is 0.257 e. The summed E-state index contributed by atoms with van der Waals surface area (Å²) < 4.78 is 24.5. The minimum Gasteiger partial charge on any atom is -0.504 e. The first-order valence-electron chi connectivity index (χ1n) is 3.82. The third-order valence-corrected chi connectivity index (χ3v) is 1.99. The van der Waals surface area contributed by atoms with Crippen LogP contribution >= 0.6 is 0 Å². The van der Waals surface area contributed by atoms with Crippen molar-refractivity contribution in [3.8, 4) is 11.5 Å². The summed E-state index contributed by atoms with van der Waals surface area (Å²) in [6, 6.07) is 2.28. The van der Waals surface area contributed by atoms with Gasteiger partial charge in [0.15, 0.2) is 11.5 Å². The molecule has 0 unspecified atom stereocenters. The van der Waals surface area contributed by atoms with Crippen molar-refractivity contribution >= 4 is 17.3 Å². The van der Waals surface area contributed by atoms with E-state index < -0.39 is 29.1 Å². The Labute approximate surface area is 86.9 Å². The first-order valence-corrected chi connectivity index (χ1v) is 4.91. The molecule has 0 saturated carbocycles. The lowest BCUT2D eigenvalue weighted by Gasteiger charge is -2.05. The average Bonchev–Trinajstić information content (AvgIpc) is 2.19. The molecule has 0 fully saturated rings. The molecule has 0 heterocycles. The van der Waals surface area contributed by atoms with Gasteiger partial charge in [-0.25, -0.2) is 8.42 Å². The van der Waals surface area contributed by atoms with E-state index >= 15 is 0 Å². The molecule has 7 heteroatoms. The molecule has 6 nitrogen and oxygen atoms in total. The molecule has 0 radical (unpaired) electrons. The van der Waals surface area contributed by atoms with Crippen LogP contribution in [0.2, 0.25) is 0 Å². The van der Waals surface area contributed by atoms with Gasteiger partial charge in [-0.2, -0.15) is 0 Å². The molecule has 15 heavy (non-hydrogen) atoms. The Morgan fingerprint density at radius 1 is 1.33 bits per heavy atom. The molecule has 0 aliphatic carbocycles. The van der Waals surface area contributed by atoms with Crippen LogP contribution in [-0.2, 0) is 21.8 Å². The summed E-state index contributed by atoms with van der Waals surface area (Å²) in [7, 11) is -3.04. The molecule has 0 aromatic heterocycles. The van der Waals surface area contributed by atoms with Crippen molar-refractivity contribution in [2.75, 3.05) is 0 Å². The van der Waals surface area contributed by atoms with Crippen LogP contribution in [-0.4, -0.2) is 24.9 Å². The highest BCUT2D eigenvalue weighted by Crippen LogP contribution is 2.30. The zero-order valence-electron chi connectivity index (χ0n) is 7.41. The first-order chi connectivity index (χ1) is 7.04. The van der Waals surface area contributed by atoms with Gasteiger partial charge in [0.2, 0.25) is 0 Å². The van der Waals surface area contributed by atoms with E-state index in [0.29, 0.717) is 6.29 Å². The van der Waals surface area contributed by atoms with Gasteiger partial charge in [-0.05, 0) is 12.1 Å². The highest BCUT2D eigenvalue weighted by Gasteiger charge is 2.09. The Hall–Kier alpha value is -1.60. The molecule has 0 spiro atoms. The van der Waals surface area contributed by atoms with Crippen LogP contribution in [0.25, 0.3) is 0 Å². The van der Waals surface area contributed by atoms with Crippen LogP contribution in [0, 0.1) is 0 Å². The summed E-state index contributed by atoms with van der Waals surface area (Å²) in [6.45, 7) is -0.431. The molecule has 82 valence electrons. The summed E-state index contributed by atoms with van der Waals surface area (Å²) in [4.78, 5) is 10.4. The van der Waals surface area contributed by atoms with E-state index in [0.717, 1.165) is 6.07 Å². The molecule has 2 N–H and O–H groups in total. The van der Waals surface area contributed by atoms with Gasteiger partial charge in [0.05, 0.1) is 6.61 Å². The summed E-state index contributed by atoms with van der Waals surface area (Å²) in [6.07, 6.45) is 0.458. The van der Waals surface area contributed by atoms with E-state index in [-0.39, 0.29) is 11.1 Å². The van der Waals surface area contributed by atoms with Crippen LogP contribution in [0.15, 0.2) is 12.1 Å². The fourth-order valence-electron chi connectivity index (χ4n) is 1.00. The van der Waals surface area contributed by atoms with Crippen LogP contribution in [0.1, 0.15) is 15.9 Å². The lowest BCUT2D eigenvalue weighted by atomic mass is 10.1. The van der Waals surface area contributed by atoms with E-state index in [1.165, 1.54) is 6.07 Å². The van der Waals surface area contributed by atoms with E-state index in [9.17, 15) is 18.3 Å². The number of phenolic OH excluding ortho intramolecular Hbond substituents is 2. The fraction of sp³-hybridized carbons (Fsp3) is 0.125. The maximum atomic E-state index is 10.4. The molecular weight excluding hydrogens is 224 g/mol. The number of benzene rings is 1. The van der Waals surface area contributed by atoms with Crippen molar-refractivity contribution in [2.45, 2.75) is 6.61 Å². The van der Waals surface area contributed by atoms with Gasteiger partial charge in [-0.3, -0.25) is 8.98 Å². The van der Waals surface area contributed by atoms with E-state index in [4.69, 9.17) is 5.11 Å². The van der Waals surface area contributed by atoms with Crippen molar-refractivity contribution in [3.05, 3.63) is 23.3 Å². The van der Waals surface area contributed by atoms with Crippen molar-refractivity contribution < 1.29 is 27.6 Å². The van der Waals surface area contributed by atoms with Gasteiger partial charge in [-0.1, -0.05) is 0 Å². The summed E-state index contributed by atoms with van der Waals surface area (Å²) in [5.74, 6) is -1.00. The molecule has 0 amide bonds. The largest absolute Gasteiger partial charge is 0.504 e. The van der Waals surface area contributed by atoms with Crippen molar-refractivity contribution in [1.29, 1.82) is 0 Å². The summed E-state index contributed by atoms with van der Waals surface area (Å²) >= 11 is 0. The lowest BCUT2D eigenvalue weighted by molar-refractivity contribution is 0.112. The number of thiol groups is 1. The molecule has 0 saturated heterocycles. The zero-order valence-corrected chi connectivity index (χ0v) is 8.31. The third kappa shape index (κ3) is 2.93. The SMILES string of the molecule is O=Cc1cc(O)c(O)c(CO[SH](=O)=O)c1. The topological polar surface area (TPSA) is 101 Å². The first kappa shape index (κ1) is 11.5. The quantitative estimate of drug-likeness (QED) is 0.382. The average molecular weight is 232 g/mol. The van der Waals surface area contributed by atoms with Gasteiger partial charge in [0.1, 0.15) is 6.29 Å². The van der Waals surface area contributed by atoms with Gasteiger partial charge < -0.3 is 10.2 Å². The number of aromatic hydroxyl groups is 2. The van der Waals surface area contributed by atoms with Crippen LogP contribution in [0.5, 0.6) is 11.5 Å². The highest BCUT2D eigenvalue weighted by atomic mass is 32.2. The minimum absolute atomic E-state index is 0.0244. The maximum Gasteiger partial charge on any atom is 0.257 e. The second kappa shape index (κ2) is 4.76. The molecule has 1 aromatic rings. The van der Waals surface area contributed by atoms with E-state index in [1.54, 1.807) is 0 Å². The number of aldehydes is 1. The highest BCUT2D eigenvalue weighted by molar-refractivity contribution is 7.67. The Bertz CT molecular complexity index is 443. The van der Waals surface area contributed by atoms with Gasteiger partial charge in [0.25, 0.3) is 11.0 Å². The Balaban J connectivity index is 3.04. The molecule has 1 aromatic carbocycles. The maximum absolute atomic E-state index is 10.4. The standard InChI is InChI=1S/C8H8O6S/c9-3-5-1-6(4-14-15(12)13)8(11)7(10)2-5/h1-3,10-11,15H,4H2. The van der Waals surface area contributed by atoms with Gasteiger partial charge in [0, 0.05) is 11.1 Å². The Morgan fingerprint density at radius 3 is 2.53 bits per heavy atom. The summed E-state index contributed by atoms with van der Waals surface area (Å²) in [5, 5.41) is 18.4. The Morgan fingerprint density at radius 2 is 2.00 bits per heavy atom. The van der Waals surface area contributed by atoms with Gasteiger partial charge in [-0.15, -0.1) is 0 Å². The molecule has 0 aliphatic rings. The number of carbonyl (C=O) groups is 1. The van der Waals surface area contributed by atoms with Crippen molar-refractivity contribution in [2.24, 2.45) is 0 Å². The number of carbonyl (C=O) groups excluding carboxylic acids is 1. The van der Waals surface area contributed by atoms with Crippen molar-refractivity contribution in [1.82, 2.24) is 0 Å². The number of rotatable bonds is 4. The summed E-state index contributed by atoms with van der Waals surface area (Å²) in [5.41, 5.74) is 0.140. The van der Waals surface area contributed by atoms with Crippen molar-refractivity contribution in [3.63, 3.8) is 0 Å². The normalized spacial score (nSPS) is 10.5.